The maximum Gasteiger partial charge on any atom is 0.269 e. The number of hydrogen-bond acceptors (Lipinski definition) is 7. The van der Waals surface area contributed by atoms with E-state index in [9.17, 15) is 4.79 Å². The predicted octanol–water partition coefficient (Wildman–Crippen LogP) is 5.18. The summed E-state index contributed by atoms with van der Waals surface area (Å²) >= 11 is 3.34. The fraction of sp³-hybridized carbons (Fsp3) is 0.280. The molecule has 2 aliphatic rings. The van der Waals surface area contributed by atoms with Crippen molar-refractivity contribution >= 4 is 43.8 Å². The Morgan fingerprint density at radius 2 is 1.97 bits per heavy atom. The summed E-state index contributed by atoms with van der Waals surface area (Å²) in [6, 6.07) is 15.6. The SMILES string of the molecule is CCN1CCc2c(sc(NC(=O)C3COc4ccccc4O3)c2-c2nc3ccccc3s2)C1. The molecule has 33 heavy (non-hydrogen) atoms. The number of nitrogens with one attached hydrogen (secondary N) is 1. The minimum absolute atomic E-state index is 0.189. The largest absolute Gasteiger partial charge is 0.485 e. The molecule has 1 amide bonds. The molecule has 0 radical (unpaired) electrons. The Morgan fingerprint density at radius 1 is 1.15 bits per heavy atom. The molecule has 2 aromatic heterocycles. The normalized spacial score (nSPS) is 17.7. The Morgan fingerprint density at radius 3 is 2.82 bits per heavy atom. The van der Waals surface area contributed by atoms with Gasteiger partial charge in [-0.3, -0.25) is 9.69 Å². The molecule has 1 unspecified atom stereocenters. The van der Waals surface area contributed by atoms with Gasteiger partial charge < -0.3 is 14.8 Å². The number of para-hydroxylation sites is 3. The molecule has 0 saturated heterocycles. The number of carbonyl (C=O) groups is 1. The van der Waals surface area contributed by atoms with E-state index in [2.05, 4.69) is 23.2 Å². The lowest BCUT2D eigenvalue weighted by Crippen LogP contribution is -2.40. The van der Waals surface area contributed by atoms with Gasteiger partial charge in [0.1, 0.15) is 16.6 Å². The van der Waals surface area contributed by atoms with Gasteiger partial charge in [0.05, 0.1) is 10.2 Å². The summed E-state index contributed by atoms with van der Waals surface area (Å²) in [5.74, 6) is 1.07. The van der Waals surface area contributed by atoms with Crippen LogP contribution in [0.4, 0.5) is 5.00 Å². The first-order chi connectivity index (χ1) is 16.2. The molecule has 1 N–H and O–H groups in total. The van der Waals surface area contributed by atoms with Crippen molar-refractivity contribution < 1.29 is 14.3 Å². The van der Waals surface area contributed by atoms with Crippen LogP contribution in [0.15, 0.2) is 48.5 Å². The van der Waals surface area contributed by atoms with E-state index in [-0.39, 0.29) is 12.5 Å². The van der Waals surface area contributed by atoms with E-state index in [1.807, 2.05) is 42.5 Å². The number of thiophene rings is 1. The Hall–Kier alpha value is -2.94. The summed E-state index contributed by atoms with van der Waals surface area (Å²) < 4.78 is 12.9. The van der Waals surface area contributed by atoms with E-state index in [4.69, 9.17) is 14.5 Å². The number of aromatic nitrogens is 1. The van der Waals surface area contributed by atoms with Crippen LogP contribution in [-0.4, -0.2) is 41.6 Å². The van der Waals surface area contributed by atoms with Crippen LogP contribution in [0.1, 0.15) is 17.4 Å². The van der Waals surface area contributed by atoms with Crippen molar-refractivity contribution in [2.75, 3.05) is 25.0 Å². The minimum Gasteiger partial charge on any atom is -0.485 e. The second kappa shape index (κ2) is 8.44. The fourth-order valence-corrected chi connectivity index (χ4v) is 6.76. The van der Waals surface area contributed by atoms with E-state index in [1.54, 1.807) is 22.7 Å². The number of anilines is 1. The average Bonchev–Trinajstić information content (AvgIpc) is 3.43. The Labute approximate surface area is 199 Å². The van der Waals surface area contributed by atoms with E-state index in [1.165, 1.54) is 10.4 Å². The number of rotatable bonds is 4. The van der Waals surface area contributed by atoms with Crippen LogP contribution in [0.5, 0.6) is 11.5 Å². The van der Waals surface area contributed by atoms with E-state index < -0.39 is 6.10 Å². The molecule has 8 heteroatoms. The zero-order chi connectivity index (χ0) is 22.4. The van der Waals surface area contributed by atoms with Gasteiger partial charge in [0.2, 0.25) is 6.10 Å². The van der Waals surface area contributed by atoms with Crippen LogP contribution < -0.4 is 14.8 Å². The van der Waals surface area contributed by atoms with E-state index in [0.717, 1.165) is 51.8 Å². The lowest BCUT2D eigenvalue weighted by Gasteiger charge is -2.25. The summed E-state index contributed by atoms with van der Waals surface area (Å²) in [5.41, 5.74) is 3.36. The quantitative estimate of drug-likeness (QED) is 0.439. The second-order valence-electron chi connectivity index (χ2n) is 8.17. The molecule has 2 aliphatic heterocycles. The summed E-state index contributed by atoms with van der Waals surface area (Å²) in [4.78, 5) is 21.9. The highest BCUT2D eigenvalue weighted by atomic mass is 32.1. The summed E-state index contributed by atoms with van der Waals surface area (Å²) in [6.07, 6.45) is 0.256. The number of fused-ring (bicyclic) bond motifs is 3. The third kappa shape index (κ3) is 3.78. The van der Waals surface area contributed by atoms with Crippen molar-refractivity contribution in [2.24, 2.45) is 0 Å². The molecule has 0 spiro atoms. The standard InChI is InChI=1S/C25H23N3O3S2/c1-2-28-12-11-15-21(13-28)33-25(22(15)24-26-16-7-3-6-10-20(16)32-24)27-23(29)19-14-30-17-8-4-5-9-18(17)31-19/h3-10,19H,2,11-14H2,1H3,(H,27,29). The van der Waals surface area contributed by atoms with Gasteiger partial charge in [-0.25, -0.2) is 4.98 Å². The van der Waals surface area contributed by atoms with Gasteiger partial charge in [-0.2, -0.15) is 0 Å². The van der Waals surface area contributed by atoms with Crippen molar-refractivity contribution in [3.8, 4) is 22.1 Å². The Kier molecular flexibility index (Phi) is 5.28. The molecule has 0 aliphatic carbocycles. The highest BCUT2D eigenvalue weighted by molar-refractivity contribution is 7.22. The van der Waals surface area contributed by atoms with Gasteiger partial charge in [-0.15, -0.1) is 22.7 Å². The van der Waals surface area contributed by atoms with Gasteiger partial charge in [0, 0.05) is 23.5 Å². The van der Waals surface area contributed by atoms with Gasteiger partial charge in [-0.05, 0) is 42.8 Å². The van der Waals surface area contributed by atoms with Gasteiger partial charge in [-0.1, -0.05) is 31.2 Å². The molecule has 0 bridgehead atoms. The van der Waals surface area contributed by atoms with Crippen LogP contribution in [-0.2, 0) is 17.8 Å². The molecule has 0 fully saturated rings. The molecular weight excluding hydrogens is 454 g/mol. The zero-order valence-corrected chi connectivity index (χ0v) is 19.8. The first kappa shape index (κ1) is 20.7. The van der Waals surface area contributed by atoms with Gasteiger partial charge in [0.15, 0.2) is 11.5 Å². The molecule has 6 nitrogen and oxygen atoms in total. The number of hydrogen-bond donors (Lipinski definition) is 1. The van der Waals surface area contributed by atoms with Crippen LogP contribution in [0.3, 0.4) is 0 Å². The summed E-state index contributed by atoms with van der Waals surface area (Å²) in [7, 11) is 0. The van der Waals surface area contributed by atoms with Crippen LogP contribution in [0.25, 0.3) is 20.8 Å². The number of benzene rings is 2. The van der Waals surface area contributed by atoms with Crippen LogP contribution in [0, 0.1) is 0 Å². The summed E-state index contributed by atoms with van der Waals surface area (Å²) in [5, 5.41) is 4.98. The molecule has 168 valence electrons. The number of nitrogens with zero attached hydrogens (tertiary/aromatic N) is 2. The molecule has 0 saturated carbocycles. The Bertz CT molecular complexity index is 1310. The summed E-state index contributed by atoms with van der Waals surface area (Å²) in [6.45, 7) is 5.31. The molecule has 2 aromatic carbocycles. The monoisotopic (exact) mass is 477 g/mol. The smallest absolute Gasteiger partial charge is 0.269 e. The number of likely N-dealkylation sites (N-methyl/N-ethyl adjacent to an activating group) is 1. The number of ether oxygens (including phenoxy) is 2. The van der Waals surface area contributed by atoms with E-state index in [0.29, 0.717) is 11.5 Å². The maximum atomic E-state index is 13.2. The van der Waals surface area contributed by atoms with Gasteiger partial charge >= 0.3 is 0 Å². The zero-order valence-electron chi connectivity index (χ0n) is 18.2. The lowest BCUT2D eigenvalue weighted by molar-refractivity contribution is -0.125. The third-order valence-corrected chi connectivity index (χ3v) is 8.31. The van der Waals surface area contributed by atoms with Gasteiger partial charge in [0.25, 0.3) is 5.91 Å². The fourth-order valence-electron chi connectivity index (χ4n) is 4.36. The molecular formula is C25H23N3O3S2. The van der Waals surface area contributed by atoms with Crippen molar-refractivity contribution in [3.05, 3.63) is 59.0 Å². The number of carbonyl (C=O) groups excluding carboxylic acids is 1. The molecule has 4 aromatic rings. The number of thiazole rings is 1. The van der Waals surface area contributed by atoms with Crippen LogP contribution >= 0.6 is 22.7 Å². The van der Waals surface area contributed by atoms with Crippen molar-refractivity contribution in [2.45, 2.75) is 26.0 Å². The van der Waals surface area contributed by atoms with Crippen molar-refractivity contribution in [3.63, 3.8) is 0 Å². The Balaban J connectivity index is 1.35. The lowest BCUT2D eigenvalue weighted by atomic mass is 10.0. The highest BCUT2D eigenvalue weighted by Crippen LogP contribution is 2.46. The average molecular weight is 478 g/mol. The van der Waals surface area contributed by atoms with Crippen molar-refractivity contribution in [1.82, 2.24) is 9.88 Å². The topological polar surface area (TPSA) is 63.7 Å². The van der Waals surface area contributed by atoms with Crippen molar-refractivity contribution in [1.29, 1.82) is 0 Å². The van der Waals surface area contributed by atoms with E-state index >= 15 is 0 Å². The first-order valence-corrected chi connectivity index (χ1v) is 12.7. The molecule has 4 heterocycles. The molecule has 1 atom stereocenters. The highest BCUT2D eigenvalue weighted by Gasteiger charge is 2.31. The number of amides is 1. The predicted molar refractivity (Wildman–Crippen MR) is 133 cm³/mol. The van der Waals surface area contributed by atoms with Crippen LogP contribution in [0.2, 0.25) is 0 Å². The second-order valence-corrected chi connectivity index (χ2v) is 10.3. The minimum atomic E-state index is -0.700. The maximum absolute atomic E-state index is 13.2. The molecule has 6 rings (SSSR count). The third-order valence-electron chi connectivity index (χ3n) is 6.13. The first-order valence-electron chi connectivity index (χ1n) is 11.1.